The van der Waals surface area contributed by atoms with E-state index >= 15 is 0 Å². The minimum atomic E-state index is -0.962. The summed E-state index contributed by atoms with van der Waals surface area (Å²) in [5.41, 5.74) is 1.96. The average Bonchev–Trinajstić information content (AvgIpc) is 2.67. The van der Waals surface area contributed by atoms with E-state index in [1.807, 2.05) is 11.0 Å². The highest BCUT2D eigenvalue weighted by Gasteiger charge is 2.23. The molecule has 1 aliphatic heterocycles. The van der Waals surface area contributed by atoms with Gasteiger partial charge in [-0.05, 0) is 60.9 Å². The summed E-state index contributed by atoms with van der Waals surface area (Å²) in [6, 6.07) is 13.5. The van der Waals surface area contributed by atoms with Crippen LogP contribution in [0, 0.1) is 11.7 Å². The largest absolute Gasteiger partial charge is 0.478 e. The number of benzene rings is 2. The van der Waals surface area contributed by atoms with Gasteiger partial charge >= 0.3 is 5.97 Å². The maximum absolute atomic E-state index is 13.3. The molecule has 1 amide bonds. The maximum Gasteiger partial charge on any atom is 0.335 e. The Balaban J connectivity index is 1.48. The van der Waals surface area contributed by atoms with Gasteiger partial charge in [0.15, 0.2) is 0 Å². The van der Waals surface area contributed by atoms with Crippen molar-refractivity contribution in [3.63, 3.8) is 0 Å². The topological polar surface area (TPSA) is 57.6 Å². The number of rotatable bonds is 6. The van der Waals surface area contributed by atoms with Crippen LogP contribution in [0.5, 0.6) is 0 Å². The van der Waals surface area contributed by atoms with Gasteiger partial charge in [-0.25, -0.2) is 9.18 Å². The number of amides is 1. The van der Waals surface area contributed by atoms with Crippen molar-refractivity contribution in [2.75, 3.05) is 13.1 Å². The SMILES string of the molecule is O=C(O)c1ccccc1CCC(=O)N1CCC(Cc2cccc(F)c2)CC1. The lowest BCUT2D eigenvalue weighted by Crippen LogP contribution is -2.39. The number of carbonyl (C=O) groups is 2. The number of carboxylic acid groups (broad SMARTS) is 1. The highest BCUT2D eigenvalue weighted by Crippen LogP contribution is 2.23. The molecular weight excluding hydrogens is 345 g/mol. The second-order valence-corrected chi connectivity index (χ2v) is 7.12. The van der Waals surface area contributed by atoms with Crippen molar-refractivity contribution in [2.24, 2.45) is 5.92 Å². The average molecular weight is 369 g/mol. The molecule has 0 atom stereocenters. The lowest BCUT2D eigenvalue weighted by atomic mass is 9.90. The normalized spacial score (nSPS) is 14.9. The molecule has 0 unspecified atom stereocenters. The van der Waals surface area contributed by atoms with Crippen LogP contribution in [-0.2, 0) is 17.6 Å². The number of carbonyl (C=O) groups excluding carboxylic acids is 1. The lowest BCUT2D eigenvalue weighted by Gasteiger charge is -2.32. The number of aromatic carboxylic acids is 1. The molecule has 1 fully saturated rings. The van der Waals surface area contributed by atoms with E-state index in [2.05, 4.69) is 0 Å². The van der Waals surface area contributed by atoms with Crippen molar-refractivity contribution < 1.29 is 19.1 Å². The number of likely N-dealkylation sites (tertiary alicyclic amines) is 1. The number of hydrogen-bond donors (Lipinski definition) is 1. The monoisotopic (exact) mass is 369 g/mol. The van der Waals surface area contributed by atoms with Crippen LogP contribution < -0.4 is 0 Å². The summed E-state index contributed by atoms with van der Waals surface area (Å²) in [7, 11) is 0. The van der Waals surface area contributed by atoms with E-state index in [4.69, 9.17) is 0 Å². The van der Waals surface area contributed by atoms with Gasteiger partial charge in [0.1, 0.15) is 5.82 Å². The third-order valence-corrected chi connectivity index (χ3v) is 5.24. The fourth-order valence-corrected chi connectivity index (χ4v) is 3.73. The predicted molar refractivity (Wildman–Crippen MR) is 101 cm³/mol. The van der Waals surface area contributed by atoms with E-state index in [0.29, 0.717) is 37.4 Å². The van der Waals surface area contributed by atoms with Crippen molar-refractivity contribution in [2.45, 2.75) is 32.1 Å². The molecule has 0 aliphatic carbocycles. The molecule has 3 rings (SSSR count). The summed E-state index contributed by atoms with van der Waals surface area (Å²) < 4.78 is 13.3. The highest BCUT2D eigenvalue weighted by molar-refractivity contribution is 5.89. The van der Waals surface area contributed by atoms with Crippen LogP contribution >= 0.6 is 0 Å². The molecule has 0 saturated carbocycles. The molecular formula is C22H24FNO3. The van der Waals surface area contributed by atoms with Gasteiger partial charge in [0.2, 0.25) is 5.91 Å². The molecule has 1 heterocycles. The minimum absolute atomic E-state index is 0.0689. The van der Waals surface area contributed by atoms with Crippen molar-refractivity contribution in [3.05, 3.63) is 71.0 Å². The number of nitrogens with zero attached hydrogens (tertiary/aromatic N) is 1. The summed E-state index contributed by atoms with van der Waals surface area (Å²) in [4.78, 5) is 25.6. The zero-order chi connectivity index (χ0) is 19.2. The van der Waals surface area contributed by atoms with Crippen LogP contribution in [0.15, 0.2) is 48.5 Å². The zero-order valence-electron chi connectivity index (χ0n) is 15.2. The molecule has 5 heteroatoms. The predicted octanol–water partition coefficient (Wildman–Crippen LogP) is 3.94. The highest BCUT2D eigenvalue weighted by atomic mass is 19.1. The smallest absolute Gasteiger partial charge is 0.335 e. The molecule has 2 aromatic carbocycles. The molecule has 0 bridgehead atoms. The molecule has 142 valence electrons. The number of aryl methyl sites for hydroxylation is 1. The van der Waals surface area contributed by atoms with Gasteiger partial charge in [0.05, 0.1) is 5.56 Å². The first-order valence-corrected chi connectivity index (χ1v) is 9.36. The molecule has 0 radical (unpaired) electrons. The Kier molecular flexibility index (Phi) is 6.22. The summed E-state index contributed by atoms with van der Waals surface area (Å²) in [6.07, 6.45) is 3.41. The molecule has 1 aliphatic rings. The Hall–Kier alpha value is -2.69. The van der Waals surface area contributed by atoms with Crippen molar-refractivity contribution in [3.8, 4) is 0 Å². The number of piperidine rings is 1. The van der Waals surface area contributed by atoms with Crippen LogP contribution in [0.4, 0.5) is 4.39 Å². The summed E-state index contributed by atoms with van der Waals surface area (Å²) in [6.45, 7) is 1.42. The van der Waals surface area contributed by atoms with E-state index in [9.17, 15) is 19.1 Å². The van der Waals surface area contributed by atoms with Crippen LogP contribution in [-0.4, -0.2) is 35.0 Å². The van der Waals surface area contributed by atoms with Crippen LogP contribution in [0.1, 0.15) is 40.7 Å². The standard InChI is InChI=1S/C22H24FNO3/c23-19-6-3-4-17(15-19)14-16-10-12-24(13-11-16)21(25)9-8-18-5-1-2-7-20(18)22(26)27/h1-7,15-16H,8-14H2,(H,26,27). The summed E-state index contributed by atoms with van der Waals surface area (Å²) in [5.74, 6) is -0.638. The first-order chi connectivity index (χ1) is 13.0. The third kappa shape index (κ3) is 5.16. The molecule has 1 saturated heterocycles. The minimum Gasteiger partial charge on any atom is -0.478 e. The second kappa shape index (κ2) is 8.80. The lowest BCUT2D eigenvalue weighted by molar-refractivity contribution is -0.132. The van der Waals surface area contributed by atoms with Crippen LogP contribution in [0.2, 0.25) is 0 Å². The van der Waals surface area contributed by atoms with Crippen molar-refractivity contribution in [1.29, 1.82) is 0 Å². The van der Waals surface area contributed by atoms with E-state index in [1.165, 1.54) is 6.07 Å². The van der Waals surface area contributed by atoms with Crippen LogP contribution in [0.25, 0.3) is 0 Å². The van der Waals surface area contributed by atoms with Gasteiger partial charge in [-0.15, -0.1) is 0 Å². The van der Waals surface area contributed by atoms with Gasteiger partial charge in [0.25, 0.3) is 0 Å². The molecule has 2 aromatic rings. The number of halogens is 1. The molecule has 4 nitrogen and oxygen atoms in total. The first kappa shape index (κ1) is 19.1. The quantitative estimate of drug-likeness (QED) is 0.839. The van der Waals surface area contributed by atoms with E-state index < -0.39 is 5.97 Å². The fourth-order valence-electron chi connectivity index (χ4n) is 3.73. The Bertz CT molecular complexity index is 813. The zero-order valence-corrected chi connectivity index (χ0v) is 15.2. The van der Waals surface area contributed by atoms with Gasteiger partial charge in [-0.1, -0.05) is 30.3 Å². The fraction of sp³-hybridized carbons (Fsp3) is 0.364. The molecule has 27 heavy (non-hydrogen) atoms. The molecule has 1 N–H and O–H groups in total. The van der Waals surface area contributed by atoms with E-state index in [-0.39, 0.29) is 17.3 Å². The Morgan fingerprint density at radius 2 is 1.81 bits per heavy atom. The van der Waals surface area contributed by atoms with Crippen molar-refractivity contribution in [1.82, 2.24) is 4.90 Å². The summed E-state index contributed by atoms with van der Waals surface area (Å²) in [5, 5.41) is 9.23. The van der Waals surface area contributed by atoms with Gasteiger partial charge in [-0.3, -0.25) is 4.79 Å². The van der Waals surface area contributed by atoms with Gasteiger partial charge < -0.3 is 10.0 Å². The summed E-state index contributed by atoms with van der Waals surface area (Å²) >= 11 is 0. The Morgan fingerprint density at radius 1 is 1.07 bits per heavy atom. The second-order valence-electron chi connectivity index (χ2n) is 7.12. The Labute approximate surface area is 158 Å². The molecule has 0 aromatic heterocycles. The number of carboxylic acids is 1. The third-order valence-electron chi connectivity index (χ3n) is 5.24. The van der Waals surface area contributed by atoms with Crippen molar-refractivity contribution >= 4 is 11.9 Å². The van der Waals surface area contributed by atoms with E-state index in [0.717, 1.165) is 24.8 Å². The maximum atomic E-state index is 13.3. The Morgan fingerprint density at radius 3 is 2.52 bits per heavy atom. The first-order valence-electron chi connectivity index (χ1n) is 9.36. The number of hydrogen-bond acceptors (Lipinski definition) is 2. The van der Waals surface area contributed by atoms with Gasteiger partial charge in [0, 0.05) is 19.5 Å². The van der Waals surface area contributed by atoms with Gasteiger partial charge in [-0.2, -0.15) is 0 Å². The van der Waals surface area contributed by atoms with E-state index in [1.54, 1.807) is 36.4 Å². The molecule has 0 spiro atoms. The van der Waals surface area contributed by atoms with Crippen LogP contribution in [0.3, 0.4) is 0 Å².